The average Bonchev–Trinajstić information content (AvgIpc) is 3.07. The molecule has 23 heavy (non-hydrogen) atoms. The van der Waals surface area contributed by atoms with E-state index in [4.69, 9.17) is 0 Å². The summed E-state index contributed by atoms with van der Waals surface area (Å²) in [6, 6.07) is 14.3. The molecule has 118 valence electrons. The molecule has 0 aliphatic carbocycles. The van der Waals surface area contributed by atoms with Gasteiger partial charge in [-0.25, -0.2) is 0 Å². The fourth-order valence-corrected chi connectivity index (χ4v) is 4.09. The number of amides is 1. The Labute approximate surface area is 143 Å². The van der Waals surface area contributed by atoms with Gasteiger partial charge in [-0.1, -0.05) is 65.6 Å². The van der Waals surface area contributed by atoms with Crippen molar-refractivity contribution in [3.8, 4) is 0 Å². The molecule has 4 nitrogen and oxygen atoms in total. The van der Waals surface area contributed by atoms with Crippen LogP contribution in [-0.2, 0) is 4.79 Å². The summed E-state index contributed by atoms with van der Waals surface area (Å²) in [7, 11) is 0. The van der Waals surface area contributed by atoms with Crippen molar-refractivity contribution in [1.29, 1.82) is 0 Å². The lowest BCUT2D eigenvalue weighted by Crippen LogP contribution is -2.33. The first kappa shape index (κ1) is 16.0. The van der Waals surface area contributed by atoms with Crippen LogP contribution in [0, 0.1) is 0 Å². The highest BCUT2D eigenvalue weighted by Gasteiger charge is 2.19. The fourth-order valence-electron chi connectivity index (χ4n) is 2.46. The Bertz CT molecular complexity index is 799. The van der Waals surface area contributed by atoms with Crippen LogP contribution in [0.15, 0.2) is 52.3 Å². The molecule has 0 bridgehead atoms. The lowest BCUT2D eigenvalue weighted by molar-refractivity contribution is -0.120. The van der Waals surface area contributed by atoms with Gasteiger partial charge in [-0.05, 0) is 30.2 Å². The summed E-state index contributed by atoms with van der Waals surface area (Å²) < 4.78 is 0.811. The molecule has 0 fully saturated rings. The molecule has 6 heteroatoms. The molecule has 2 unspecified atom stereocenters. The summed E-state index contributed by atoms with van der Waals surface area (Å²) in [5.74, 6) is 0.00522. The van der Waals surface area contributed by atoms with E-state index >= 15 is 0 Å². The smallest absolute Gasteiger partial charge is 0.233 e. The predicted octanol–water partition coefficient (Wildman–Crippen LogP) is 4.05. The molecule has 0 radical (unpaired) electrons. The van der Waals surface area contributed by atoms with Gasteiger partial charge in [-0.15, -0.1) is 10.2 Å². The van der Waals surface area contributed by atoms with Crippen molar-refractivity contribution in [1.82, 2.24) is 15.5 Å². The van der Waals surface area contributed by atoms with Gasteiger partial charge in [0, 0.05) is 0 Å². The number of hydrogen-bond acceptors (Lipinski definition) is 5. The highest BCUT2D eigenvalue weighted by Crippen LogP contribution is 2.27. The van der Waals surface area contributed by atoms with Crippen LogP contribution in [-0.4, -0.2) is 21.4 Å². The molecule has 1 amide bonds. The van der Waals surface area contributed by atoms with Gasteiger partial charge in [-0.3, -0.25) is 4.79 Å². The molecule has 0 spiro atoms. The third kappa shape index (κ3) is 3.71. The molecule has 3 rings (SSSR count). The zero-order chi connectivity index (χ0) is 16.2. The second-order valence-electron chi connectivity index (χ2n) is 5.26. The van der Waals surface area contributed by atoms with Crippen molar-refractivity contribution in [2.75, 3.05) is 0 Å². The number of hydrogen-bond donors (Lipinski definition) is 1. The largest absolute Gasteiger partial charge is 0.349 e. The Morgan fingerprint density at radius 2 is 1.96 bits per heavy atom. The maximum atomic E-state index is 12.4. The van der Waals surface area contributed by atoms with Gasteiger partial charge in [0.25, 0.3) is 0 Å². The normalized spacial score (nSPS) is 13.7. The van der Waals surface area contributed by atoms with E-state index in [-0.39, 0.29) is 17.2 Å². The maximum Gasteiger partial charge on any atom is 0.233 e. The zero-order valence-electron chi connectivity index (χ0n) is 12.9. The third-order valence-electron chi connectivity index (χ3n) is 3.64. The van der Waals surface area contributed by atoms with Gasteiger partial charge in [0.05, 0.1) is 11.3 Å². The minimum atomic E-state index is -0.208. The van der Waals surface area contributed by atoms with E-state index in [9.17, 15) is 4.79 Å². The van der Waals surface area contributed by atoms with E-state index < -0.39 is 0 Å². The van der Waals surface area contributed by atoms with Gasteiger partial charge in [-0.2, -0.15) is 0 Å². The van der Waals surface area contributed by atoms with Crippen LogP contribution in [0.3, 0.4) is 0 Å². The minimum Gasteiger partial charge on any atom is -0.349 e. The van der Waals surface area contributed by atoms with Crippen LogP contribution in [0.25, 0.3) is 10.8 Å². The highest BCUT2D eigenvalue weighted by molar-refractivity contribution is 8.02. The molecule has 2 atom stereocenters. The number of carbonyl (C=O) groups excluding carboxylic acids is 1. The SMILES string of the molecule is CC(Sc1nncs1)C(=O)NC(C)c1cccc2ccccc12. The Balaban J connectivity index is 1.72. The van der Waals surface area contributed by atoms with Gasteiger partial charge in [0.1, 0.15) is 5.51 Å². The van der Waals surface area contributed by atoms with E-state index in [2.05, 4.69) is 39.8 Å². The number of nitrogens with zero attached hydrogens (tertiary/aromatic N) is 2. The van der Waals surface area contributed by atoms with Crippen LogP contribution in [0.2, 0.25) is 0 Å². The zero-order valence-corrected chi connectivity index (χ0v) is 14.5. The van der Waals surface area contributed by atoms with E-state index in [0.717, 1.165) is 9.90 Å². The van der Waals surface area contributed by atoms with E-state index in [1.165, 1.54) is 33.9 Å². The lowest BCUT2D eigenvalue weighted by Gasteiger charge is -2.18. The molecule has 3 aromatic rings. The van der Waals surface area contributed by atoms with Gasteiger partial charge in [0.2, 0.25) is 5.91 Å². The van der Waals surface area contributed by atoms with Crippen molar-refractivity contribution < 1.29 is 4.79 Å². The number of benzene rings is 2. The second-order valence-corrected chi connectivity index (χ2v) is 7.68. The molecule has 1 heterocycles. The van der Waals surface area contributed by atoms with Crippen molar-refractivity contribution in [3.63, 3.8) is 0 Å². The van der Waals surface area contributed by atoms with Crippen LogP contribution >= 0.6 is 23.1 Å². The molecular formula is C17H17N3OS2. The van der Waals surface area contributed by atoms with E-state index in [1.54, 1.807) is 5.51 Å². The number of aromatic nitrogens is 2. The first-order valence-corrected chi connectivity index (χ1v) is 9.12. The Hall–Kier alpha value is -1.92. The summed E-state index contributed by atoms with van der Waals surface area (Å²) in [5, 5.41) is 13.0. The van der Waals surface area contributed by atoms with Crippen molar-refractivity contribution in [2.45, 2.75) is 29.5 Å². The average molecular weight is 343 g/mol. The molecule has 1 aromatic heterocycles. The van der Waals surface area contributed by atoms with Gasteiger partial charge >= 0.3 is 0 Å². The molecule has 0 saturated carbocycles. The number of rotatable bonds is 5. The van der Waals surface area contributed by atoms with E-state index in [0.29, 0.717) is 0 Å². The van der Waals surface area contributed by atoms with Crippen LogP contribution in [0.4, 0.5) is 0 Å². The summed E-state index contributed by atoms with van der Waals surface area (Å²) in [5.41, 5.74) is 2.80. The minimum absolute atomic E-state index is 0.00522. The summed E-state index contributed by atoms with van der Waals surface area (Å²) in [6.45, 7) is 3.90. The highest BCUT2D eigenvalue weighted by atomic mass is 32.2. The number of carbonyl (C=O) groups is 1. The van der Waals surface area contributed by atoms with Gasteiger partial charge in [0.15, 0.2) is 4.34 Å². The first-order chi connectivity index (χ1) is 11.1. The monoisotopic (exact) mass is 343 g/mol. The molecule has 0 saturated heterocycles. The maximum absolute atomic E-state index is 12.4. The van der Waals surface area contributed by atoms with Crippen LogP contribution in [0.1, 0.15) is 25.5 Å². The van der Waals surface area contributed by atoms with Crippen molar-refractivity contribution in [2.24, 2.45) is 0 Å². The standard InChI is InChI=1S/C17H17N3OS2/c1-11(14-9-5-7-13-6-3-4-8-15(13)14)19-16(21)12(2)23-17-20-18-10-22-17/h3-12H,1-2H3,(H,19,21). The Kier molecular flexibility index (Phi) is 4.93. The predicted molar refractivity (Wildman–Crippen MR) is 95.7 cm³/mol. The van der Waals surface area contributed by atoms with Gasteiger partial charge < -0.3 is 5.32 Å². The quantitative estimate of drug-likeness (QED) is 0.710. The van der Waals surface area contributed by atoms with E-state index in [1.807, 2.05) is 32.0 Å². The summed E-state index contributed by atoms with van der Waals surface area (Å²) >= 11 is 2.88. The van der Waals surface area contributed by atoms with Crippen molar-refractivity contribution >= 4 is 39.8 Å². The number of thioether (sulfide) groups is 1. The first-order valence-electron chi connectivity index (χ1n) is 7.36. The molecule has 0 aliphatic rings. The van der Waals surface area contributed by atoms with Crippen molar-refractivity contribution in [3.05, 3.63) is 53.5 Å². The third-order valence-corrected chi connectivity index (χ3v) is 5.55. The molecule has 1 N–H and O–H groups in total. The molecule has 0 aliphatic heterocycles. The lowest BCUT2D eigenvalue weighted by atomic mass is 9.99. The topological polar surface area (TPSA) is 54.9 Å². The number of nitrogens with one attached hydrogen (secondary N) is 1. The Morgan fingerprint density at radius 3 is 2.74 bits per heavy atom. The Morgan fingerprint density at radius 1 is 1.17 bits per heavy atom. The van der Waals surface area contributed by atoms with Crippen LogP contribution in [0.5, 0.6) is 0 Å². The molecular weight excluding hydrogens is 326 g/mol. The summed E-state index contributed by atoms with van der Waals surface area (Å²) in [4.78, 5) is 12.4. The second kappa shape index (κ2) is 7.10. The molecule has 2 aromatic carbocycles. The van der Waals surface area contributed by atoms with Crippen LogP contribution < -0.4 is 5.32 Å². The fraction of sp³-hybridized carbons (Fsp3) is 0.235. The number of fused-ring (bicyclic) bond motifs is 1. The summed E-state index contributed by atoms with van der Waals surface area (Å²) in [6.07, 6.45) is 0.